The number of rotatable bonds is 31. The molecule has 4 aliphatic rings. The largest absolute Gasteiger partial charge is 0.508 e. The minimum Gasteiger partial charge on any atom is -0.508 e. The highest BCUT2D eigenvalue weighted by atomic mass is 35.5. The normalized spacial score (nSPS) is 15.1. The number of nitrogens with zero attached hydrogens (tertiary/aromatic N) is 8. The molecule has 2 aliphatic carbocycles. The number of carbonyl (C=O) groups is 6. The molecule has 0 radical (unpaired) electrons. The van der Waals surface area contributed by atoms with Gasteiger partial charge in [0.1, 0.15) is 81.9 Å². The van der Waals surface area contributed by atoms with Gasteiger partial charge in [-0.25, -0.2) is 52.5 Å². The van der Waals surface area contributed by atoms with Crippen LogP contribution in [-0.2, 0) is 41.7 Å². The molecule has 728 valence electrons. The first kappa shape index (κ1) is 102. The number of piperidine rings is 2. The van der Waals surface area contributed by atoms with Crippen molar-refractivity contribution in [3.05, 3.63) is 256 Å². The molecular weight excluding hydrogens is 1880 g/mol. The second-order valence-electron chi connectivity index (χ2n) is 35.9. The molecule has 138 heavy (non-hydrogen) atoms. The van der Waals surface area contributed by atoms with Gasteiger partial charge in [0, 0.05) is 111 Å². The van der Waals surface area contributed by atoms with E-state index in [4.69, 9.17) is 66.7 Å². The average Bonchev–Trinajstić information content (AvgIpc) is 1.57. The summed E-state index contributed by atoms with van der Waals surface area (Å²) in [5, 5.41) is 80.6. The van der Waals surface area contributed by atoms with E-state index in [1.165, 1.54) is 28.8 Å². The summed E-state index contributed by atoms with van der Waals surface area (Å²) in [4.78, 5) is 122. The first-order chi connectivity index (χ1) is 65.3. The quantitative estimate of drug-likeness (QED) is 0.0179. The van der Waals surface area contributed by atoms with Crippen molar-refractivity contribution in [3.63, 3.8) is 0 Å². The van der Waals surface area contributed by atoms with E-state index in [1.807, 2.05) is 77.3 Å². The minimum atomic E-state index is -1.18. The fraction of sp³-hybridized carbons (Fsp3) is 0.347. The number of nitrogens with two attached hydrogens (primary N) is 1. The Hall–Kier alpha value is -13.1. The van der Waals surface area contributed by atoms with E-state index in [-0.39, 0.29) is 143 Å². The lowest BCUT2D eigenvalue weighted by Gasteiger charge is -2.32. The Morgan fingerprint density at radius 3 is 1.31 bits per heavy atom. The number of ether oxygens (including phenoxy) is 2. The van der Waals surface area contributed by atoms with E-state index in [0.29, 0.717) is 166 Å². The van der Waals surface area contributed by atoms with Crippen LogP contribution in [0.15, 0.2) is 168 Å². The second kappa shape index (κ2) is 44.1. The van der Waals surface area contributed by atoms with Crippen molar-refractivity contribution < 1.29 is 72.6 Å². The number of anilines is 2. The topological polar surface area (TPSA) is 473 Å². The van der Waals surface area contributed by atoms with Gasteiger partial charge in [0.2, 0.25) is 5.91 Å². The van der Waals surface area contributed by atoms with E-state index in [0.717, 1.165) is 15.7 Å². The Labute approximate surface area is 818 Å². The number of phenolic OH excluding ortho intramolecular Hbond substituents is 4. The predicted molar refractivity (Wildman–Crippen MR) is 522 cm³/mol. The highest BCUT2D eigenvalue weighted by Gasteiger charge is 2.54. The van der Waals surface area contributed by atoms with Crippen LogP contribution in [0.1, 0.15) is 185 Å². The number of H-pyrrole nitrogens is 4. The standard InChI is InChI=1S/C49H52Cl2FN9O7.C25H27Cl2N5O3.C24H27FN4O5.ClH/c1-26(2)34-19-36(42(63)21-41(34)62)44-58-59-48(67)61(44)33-9-8-30(38(52)18-33)24-60-14-10-28(11-15-60)45(64)57-49(12-13-49)47(66)68-25-40(29-6-5-7-32(50)16-29)56-46(65)39-17-31(22-53-39)35-20-43(55-27(3)4)54-23-37(35)51;1-14(2)31-22-10-18(19(27)12-30-22)16-9-20(29-11-16)23(33)32-21(15-4-3-5-17(26)8-15)13-35-24(34)25(28)6-7-25;1-13(2)17-10-18(21(31)11-20(17)30)22-26-27-24(34)29(22)16-4-3-15(19(25)9-16)12-28-7-5-14(6-8-28)23(32)33;/h5-9,16-23,26-28,40,53,62-63H,10-15,24-25H2,1-4H3,(H,54,55)(H,56,65)(H,57,64)(H,59,67);3-5,8-12,14,21,29H,6-7,13,28H2,1-2H3,(H,30,31)(H,32,33);3-4,9-11,13-14,30-31H,5-8,12H2,1-2H3,(H,27,34)(H,32,33);1H/t40-;21-;;/m11../s1. The lowest BCUT2D eigenvalue weighted by atomic mass is 9.95. The molecule has 2 saturated heterocycles. The summed E-state index contributed by atoms with van der Waals surface area (Å²) >= 11 is 25.3. The van der Waals surface area contributed by atoms with Gasteiger partial charge in [-0.1, -0.05) is 110 Å². The summed E-state index contributed by atoms with van der Waals surface area (Å²) in [7, 11) is 0. The molecule has 4 fully saturated rings. The number of aromatic nitrogens is 10. The average molecular weight is 1990 g/mol. The van der Waals surface area contributed by atoms with Crippen molar-refractivity contribution >= 4 is 106 Å². The van der Waals surface area contributed by atoms with Crippen LogP contribution in [0.3, 0.4) is 0 Å². The van der Waals surface area contributed by atoms with Gasteiger partial charge in [-0.05, 0) is 224 Å². The second-order valence-corrected chi connectivity index (χ2v) is 37.6. The highest BCUT2D eigenvalue weighted by molar-refractivity contribution is 6.34. The summed E-state index contributed by atoms with van der Waals surface area (Å²) in [5.41, 5.74) is 10.1. The van der Waals surface area contributed by atoms with Crippen molar-refractivity contribution in [2.24, 2.45) is 17.6 Å². The molecule has 0 bridgehead atoms. The molecule has 40 heteroatoms. The maximum absolute atomic E-state index is 15.7. The number of likely N-dealkylation sites (tertiary alicyclic amines) is 2. The molecule has 6 aromatic carbocycles. The molecule has 33 nitrogen and oxygen atoms in total. The molecule has 2 saturated carbocycles. The van der Waals surface area contributed by atoms with Crippen LogP contribution in [-0.4, -0.2) is 183 Å². The van der Waals surface area contributed by atoms with Gasteiger partial charge in [0.05, 0.1) is 50.5 Å². The van der Waals surface area contributed by atoms with E-state index < -0.39 is 70.0 Å². The van der Waals surface area contributed by atoms with Crippen molar-refractivity contribution in [2.45, 2.75) is 167 Å². The molecule has 12 aromatic rings. The van der Waals surface area contributed by atoms with E-state index >= 15 is 8.78 Å². The molecule has 0 spiro atoms. The number of phenols is 4. The molecule has 2 aliphatic heterocycles. The summed E-state index contributed by atoms with van der Waals surface area (Å²) in [6, 6.07) is 34.2. The van der Waals surface area contributed by atoms with Crippen LogP contribution < -0.4 is 43.7 Å². The highest BCUT2D eigenvalue weighted by Crippen LogP contribution is 2.43. The number of aliphatic carboxylic acids is 1. The zero-order chi connectivity index (χ0) is 98.2. The van der Waals surface area contributed by atoms with Gasteiger partial charge in [-0.3, -0.25) is 33.8 Å². The zero-order valence-electron chi connectivity index (χ0n) is 76.6. The number of hydrogen-bond acceptors (Lipinski definition) is 23. The monoisotopic (exact) mass is 1990 g/mol. The van der Waals surface area contributed by atoms with E-state index in [2.05, 4.69) is 66.9 Å². The fourth-order valence-electron chi connectivity index (χ4n) is 16.3. The molecule has 2 atom stereocenters. The number of benzene rings is 6. The third kappa shape index (κ3) is 24.7. The number of halogens is 7. The molecule has 16 rings (SSSR count). The molecular formula is C98H107Cl5F2N18O15. The zero-order valence-corrected chi connectivity index (χ0v) is 80.4. The Kier molecular flexibility index (Phi) is 32.7. The SMILES string of the molecule is CC(C)Nc1cc(-c2c[nH]c(C(=O)N[C@H](COC(=O)C3(N)CC3)c3cccc(Cl)c3)c2)c(Cl)cn1.CC(C)Nc1cc(-c2c[nH]c(C(=O)N[C@H](COC(=O)C3(NC(=O)C4CCN(Cc5ccc(-n6c(-c7cc(C(C)C)c(O)cc7O)n[nH]c6=O)cc5F)CC4)CC3)c3cccc(Cl)c3)c2)c(Cl)cn1.CC(C)c1cc(-c2n[nH]c(=O)n2-c2ccc(CN3CCC(C(=O)O)CC3)c(F)c2)c(O)cc1O.Cl. The van der Waals surface area contributed by atoms with E-state index in [9.17, 15) is 58.8 Å². The number of aromatic hydroxyl groups is 4. The number of carbonyl (C=O) groups excluding carboxylic acids is 5. The molecule has 16 N–H and O–H groups in total. The van der Waals surface area contributed by atoms with Crippen molar-refractivity contribution in [1.29, 1.82) is 0 Å². The number of pyridine rings is 2. The van der Waals surface area contributed by atoms with Gasteiger partial charge in [-0.15, -0.1) is 12.4 Å². The third-order valence-electron chi connectivity index (χ3n) is 24.3. The van der Waals surface area contributed by atoms with Crippen LogP contribution in [0.2, 0.25) is 20.1 Å². The number of carboxylic acids is 1. The Morgan fingerprint density at radius 2 is 0.935 bits per heavy atom. The summed E-state index contributed by atoms with van der Waals surface area (Å²) in [6.45, 7) is 18.0. The van der Waals surface area contributed by atoms with E-state index in [1.54, 1.807) is 122 Å². The van der Waals surface area contributed by atoms with Crippen LogP contribution in [0, 0.1) is 23.5 Å². The van der Waals surface area contributed by atoms with Gasteiger partial charge < -0.3 is 77.3 Å². The van der Waals surface area contributed by atoms with Gasteiger partial charge in [-0.2, -0.15) is 10.2 Å². The Balaban J connectivity index is 0.000000192. The van der Waals surface area contributed by atoms with Gasteiger partial charge >= 0.3 is 29.3 Å². The van der Waals surface area contributed by atoms with Crippen molar-refractivity contribution in [3.8, 4) is 79.4 Å². The molecule has 0 unspecified atom stereocenters. The number of carboxylic acid groups (broad SMARTS) is 1. The predicted octanol–water partition coefficient (Wildman–Crippen LogP) is 16.3. The fourth-order valence-corrected chi connectivity index (χ4v) is 17.1. The molecule has 3 amide bonds. The summed E-state index contributed by atoms with van der Waals surface area (Å²) < 4.78 is 44.3. The summed E-state index contributed by atoms with van der Waals surface area (Å²) in [5.74, 6) is -4.15. The van der Waals surface area contributed by atoms with Crippen LogP contribution in [0.25, 0.3) is 56.4 Å². The number of hydrogen-bond donors (Lipinski definition) is 15. The van der Waals surface area contributed by atoms with Crippen LogP contribution in [0.4, 0.5) is 20.4 Å². The minimum absolute atomic E-state index is 0. The summed E-state index contributed by atoms with van der Waals surface area (Å²) in [6.07, 6.45) is 10.5. The number of amides is 3. The van der Waals surface area contributed by atoms with Crippen molar-refractivity contribution in [2.75, 3.05) is 50.0 Å². The van der Waals surface area contributed by atoms with Gasteiger partial charge in [0.15, 0.2) is 11.6 Å². The lowest BCUT2D eigenvalue weighted by molar-refractivity contribution is -0.150. The van der Waals surface area contributed by atoms with Crippen molar-refractivity contribution in [1.82, 2.24) is 75.2 Å². The first-order valence-electron chi connectivity index (χ1n) is 44.8. The molecule has 8 heterocycles. The number of nitrogens with one attached hydrogen (secondary N) is 9. The Morgan fingerprint density at radius 1 is 0.522 bits per heavy atom. The smallest absolute Gasteiger partial charge is 0.348 e. The first-order valence-corrected chi connectivity index (χ1v) is 46.3. The lowest BCUT2D eigenvalue weighted by Crippen LogP contribution is -2.49. The maximum atomic E-state index is 15.7. The van der Waals surface area contributed by atoms with Crippen LogP contribution in [0.5, 0.6) is 23.0 Å². The Bertz CT molecular complexity index is 6610. The maximum Gasteiger partial charge on any atom is 0.348 e. The number of esters is 2. The van der Waals surface area contributed by atoms with Gasteiger partial charge in [0.25, 0.3) is 11.8 Å². The third-order valence-corrected chi connectivity index (χ3v) is 25.3. The molecule has 6 aromatic heterocycles. The van der Waals surface area contributed by atoms with Crippen LogP contribution >= 0.6 is 58.8 Å². The number of aromatic amines is 4.